The first-order chi connectivity index (χ1) is 8.86. The molecule has 0 amide bonds. The van der Waals surface area contributed by atoms with Crippen LogP contribution in [-0.2, 0) is 13.0 Å². The van der Waals surface area contributed by atoms with Gasteiger partial charge in [0.1, 0.15) is 0 Å². The molecule has 0 radical (unpaired) electrons. The standard InChI is InChI=1S/C16H24N2/c1-2-10-18(11-13-6-7-13)12-15-5-3-4-14-8-9-17-16(14)15/h3-5,13,17H,2,6-12H2,1H3. The summed E-state index contributed by atoms with van der Waals surface area (Å²) in [6.45, 7) is 7.06. The van der Waals surface area contributed by atoms with Crippen LogP contribution < -0.4 is 5.32 Å². The van der Waals surface area contributed by atoms with Crippen LogP contribution in [0.3, 0.4) is 0 Å². The summed E-state index contributed by atoms with van der Waals surface area (Å²) in [6.07, 6.45) is 5.35. The van der Waals surface area contributed by atoms with Gasteiger partial charge in [-0.2, -0.15) is 0 Å². The van der Waals surface area contributed by atoms with E-state index in [9.17, 15) is 0 Å². The van der Waals surface area contributed by atoms with Crippen molar-refractivity contribution in [3.63, 3.8) is 0 Å². The molecule has 0 atom stereocenters. The molecule has 98 valence electrons. The Morgan fingerprint density at radius 1 is 1.33 bits per heavy atom. The Balaban J connectivity index is 1.71. The minimum absolute atomic E-state index is 0.987. The Morgan fingerprint density at radius 2 is 2.22 bits per heavy atom. The Morgan fingerprint density at radius 3 is 3.00 bits per heavy atom. The lowest BCUT2D eigenvalue weighted by Crippen LogP contribution is -2.26. The highest BCUT2D eigenvalue weighted by molar-refractivity contribution is 5.61. The Hall–Kier alpha value is -1.02. The Labute approximate surface area is 110 Å². The van der Waals surface area contributed by atoms with E-state index in [1.54, 1.807) is 0 Å². The number of para-hydroxylation sites is 1. The molecule has 1 aromatic carbocycles. The number of hydrogen-bond donors (Lipinski definition) is 1. The Bertz CT molecular complexity index is 410. The van der Waals surface area contributed by atoms with E-state index in [1.165, 1.54) is 55.6 Å². The van der Waals surface area contributed by atoms with Crippen molar-refractivity contribution in [2.45, 2.75) is 39.2 Å². The monoisotopic (exact) mass is 244 g/mol. The van der Waals surface area contributed by atoms with Gasteiger partial charge in [0.15, 0.2) is 0 Å². The predicted molar refractivity (Wildman–Crippen MR) is 76.9 cm³/mol. The molecule has 0 saturated heterocycles. The van der Waals surface area contributed by atoms with Crippen molar-refractivity contribution in [3.8, 4) is 0 Å². The van der Waals surface area contributed by atoms with E-state index in [0.717, 1.165) is 19.0 Å². The van der Waals surface area contributed by atoms with Crippen LogP contribution in [0.4, 0.5) is 5.69 Å². The summed E-state index contributed by atoms with van der Waals surface area (Å²) < 4.78 is 0. The largest absolute Gasteiger partial charge is 0.384 e. The molecule has 2 nitrogen and oxygen atoms in total. The van der Waals surface area contributed by atoms with E-state index in [4.69, 9.17) is 0 Å². The molecule has 1 aromatic rings. The Kier molecular flexibility index (Phi) is 3.55. The van der Waals surface area contributed by atoms with Gasteiger partial charge in [-0.25, -0.2) is 0 Å². The first-order valence-corrected chi connectivity index (χ1v) is 7.44. The van der Waals surface area contributed by atoms with E-state index >= 15 is 0 Å². The number of rotatable bonds is 6. The van der Waals surface area contributed by atoms with Crippen molar-refractivity contribution >= 4 is 5.69 Å². The maximum absolute atomic E-state index is 3.56. The summed E-state index contributed by atoms with van der Waals surface area (Å²) in [4.78, 5) is 2.65. The zero-order valence-corrected chi connectivity index (χ0v) is 11.4. The number of benzene rings is 1. The van der Waals surface area contributed by atoms with Gasteiger partial charge in [0.05, 0.1) is 0 Å². The van der Waals surface area contributed by atoms with Gasteiger partial charge in [-0.05, 0) is 49.3 Å². The van der Waals surface area contributed by atoms with E-state index in [-0.39, 0.29) is 0 Å². The molecular formula is C16H24N2. The summed E-state index contributed by atoms with van der Waals surface area (Å²) in [5.74, 6) is 0.987. The molecular weight excluding hydrogens is 220 g/mol. The summed E-state index contributed by atoms with van der Waals surface area (Å²) in [5.41, 5.74) is 4.43. The molecule has 0 spiro atoms. The van der Waals surface area contributed by atoms with Gasteiger partial charge in [-0.15, -0.1) is 0 Å². The van der Waals surface area contributed by atoms with Crippen LogP contribution >= 0.6 is 0 Å². The third-order valence-electron chi connectivity index (χ3n) is 4.08. The van der Waals surface area contributed by atoms with Gasteiger partial charge < -0.3 is 5.32 Å². The van der Waals surface area contributed by atoms with Crippen molar-refractivity contribution in [1.82, 2.24) is 4.90 Å². The fraction of sp³-hybridized carbons (Fsp3) is 0.625. The van der Waals surface area contributed by atoms with Gasteiger partial charge in [-0.1, -0.05) is 25.1 Å². The summed E-state index contributed by atoms with van der Waals surface area (Å²) in [5, 5.41) is 3.56. The van der Waals surface area contributed by atoms with Crippen LogP contribution in [0.25, 0.3) is 0 Å². The molecule has 1 aliphatic heterocycles. The van der Waals surface area contributed by atoms with Crippen molar-refractivity contribution in [2.75, 3.05) is 25.0 Å². The third kappa shape index (κ3) is 2.69. The first kappa shape index (κ1) is 12.0. The highest BCUT2D eigenvalue weighted by Gasteiger charge is 2.24. The van der Waals surface area contributed by atoms with Gasteiger partial charge in [0.25, 0.3) is 0 Å². The molecule has 1 saturated carbocycles. The predicted octanol–water partition coefficient (Wildman–Crippen LogP) is 3.28. The van der Waals surface area contributed by atoms with E-state index in [0.29, 0.717) is 0 Å². The lowest BCUT2D eigenvalue weighted by molar-refractivity contribution is 0.255. The van der Waals surface area contributed by atoms with Crippen molar-refractivity contribution < 1.29 is 0 Å². The molecule has 0 unspecified atom stereocenters. The minimum atomic E-state index is 0.987. The van der Waals surface area contributed by atoms with Crippen LogP contribution in [0.2, 0.25) is 0 Å². The molecule has 1 N–H and O–H groups in total. The topological polar surface area (TPSA) is 15.3 Å². The van der Waals surface area contributed by atoms with E-state index in [2.05, 4.69) is 35.3 Å². The van der Waals surface area contributed by atoms with Crippen LogP contribution in [0.15, 0.2) is 18.2 Å². The fourth-order valence-electron chi connectivity index (χ4n) is 3.00. The average molecular weight is 244 g/mol. The summed E-state index contributed by atoms with van der Waals surface area (Å²) >= 11 is 0. The number of fused-ring (bicyclic) bond motifs is 1. The highest BCUT2D eigenvalue weighted by atomic mass is 15.1. The molecule has 1 heterocycles. The van der Waals surface area contributed by atoms with Crippen LogP contribution in [0.5, 0.6) is 0 Å². The van der Waals surface area contributed by atoms with Crippen molar-refractivity contribution in [2.24, 2.45) is 5.92 Å². The molecule has 2 heteroatoms. The minimum Gasteiger partial charge on any atom is -0.384 e. The second-order valence-corrected chi connectivity index (χ2v) is 5.81. The first-order valence-electron chi connectivity index (χ1n) is 7.44. The lowest BCUT2D eigenvalue weighted by atomic mass is 10.1. The molecule has 1 fully saturated rings. The second kappa shape index (κ2) is 5.31. The number of hydrogen-bond acceptors (Lipinski definition) is 2. The van der Waals surface area contributed by atoms with Crippen LogP contribution in [-0.4, -0.2) is 24.5 Å². The zero-order chi connectivity index (χ0) is 12.4. The van der Waals surface area contributed by atoms with Gasteiger partial charge in [0, 0.05) is 25.3 Å². The normalized spacial score (nSPS) is 17.9. The van der Waals surface area contributed by atoms with Crippen molar-refractivity contribution in [1.29, 1.82) is 0 Å². The number of anilines is 1. The number of nitrogens with one attached hydrogen (secondary N) is 1. The lowest BCUT2D eigenvalue weighted by Gasteiger charge is -2.23. The quantitative estimate of drug-likeness (QED) is 0.826. The number of nitrogens with zero attached hydrogens (tertiary/aromatic N) is 1. The SMILES string of the molecule is CCCN(Cc1cccc2c1NCC2)CC1CC1. The van der Waals surface area contributed by atoms with Gasteiger partial charge in [0.2, 0.25) is 0 Å². The van der Waals surface area contributed by atoms with Crippen LogP contribution in [0.1, 0.15) is 37.3 Å². The fourth-order valence-corrected chi connectivity index (χ4v) is 3.00. The van der Waals surface area contributed by atoms with E-state index < -0.39 is 0 Å². The average Bonchev–Trinajstić information content (AvgIpc) is 3.04. The molecule has 18 heavy (non-hydrogen) atoms. The van der Waals surface area contributed by atoms with Gasteiger partial charge in [-0.3, -0.25) is 4.90 Å². The van der Waals surface area contributed by atoms with E-state index in [1.807, 2.05) is 0 Å². The molecule has 2 aliphatic rings. The maximum Gasteiger partial charge on any atom is 0.0419 e. The van der Waals surface area contributed by atoms with Crippen molar-refractivity contribution in [3.05, 3.63) is 29.3 Å². The molecule has 0 bridgehead atoms. The summed E-state index contributed by atoms with van der Waals surface area (Å²) in [7, 11) is 0. The molecule has 3 rings (SSSR count). The van der Waals surface area contributed by atoms with Crippen LogP contribution in [0, 0.1) is 5.92 Å². The molecule has 0 aromatic heterocycles. The highest BCUT2D eigenvalue weighted by Crippen LogP contribution is 2.32. The molecule has 1 aliphatic carbocycles. The zero-order valence-electron chi connectivity index (χ0n) is 11.4. The maximum atomic E-state index is 3.56. The van der Waals surface area contributed by atoms with Gasteiger partial charge >= 0.3 is 0 Å². The summed E-state index contributed by atoms with van der Waals surface area (Å²) in [6, 6.07) is 6.79. The third-order valence-corrected chi connectivity index (χ3v) is 4.08. The smallest absolute Gasteiger partial charge is 0.0419 e. The second-order valence-electron chi connectivity index (χ2n) is 5.81.